The average molecular weight is 438 g/mol. The summed E-state index contributed by atoms with van der Waals surface area (Å²) in [6.07, 6.45) is 6.72. The molecule has 2 aromatic rings. The number of pyridine rings is 1. The molecule has 3 rings (SSSR count). The number of rotatable bonds is 5. The second-order valence-electron chi connectivity index (χ2n) is 5.68. The van der Waals surface area contributed by atoms with Crippen molar-refractivity contribution in [3.63, 3.8) is 0 Å². The minimum atomic E-state index is 0. The Bertz CT molecular complexity index is 657. The molecule has 1 aromatic heterocycles. The first kappa shape index (κ1) is 18.5. The minimum Gasteiger partial charge on any atom is -0.474 e. The number of aromatic nitrogens is 1. The number of nitrogens with two attached hydrogens (primary N) is 1. The van der Waals surface area contributed by atoms with Crippen molar-refractivity contribution in [3.8, 4) is 5.88 Å². The smallest absolute Gasteiger partial charge is 0.218 e. The van der Waals surface area contributed by atoms with Crippen molar-refractivity contribution in [3.05, 3.63) is 54.2 Å². The zero-order chi connectivity index (χ0) is 15.9. The number of aliphatic imine (C=N–C) groups is 1. The molecule has 1 aromatic carbocycles. The Labute approximate surface area is 159 Å². The van der Waals surface area contributed by atoms with Crippen LogP contribution in [-0.2, 0) is 6.54 Å². The molecule has 0 atom stereocenters. The van der Waals surface area contributed by atoms with E-state index < -0.39 is 0 Å². The standard InChI is InChI=1S/C18H22N4O.HI/c19-18(22-15-8-2-1-3-9-15)21-13-14-7-6-12-20-17(14)23-16-10-4-5-11-16;/h1-3,6-9,12,16H,4-5,10-11,13H2,(H3,19,21,22);1H. The summed E-state index contributed by atoms with van der Waals surface area (Å²) in [5.74, 6) is 1.06. The number of benzene rings is 1. The van der Waals surface area contributed by atoms with Gasteiger partial charge in [0.05, 0.1) is 6.54 Å². The van der Waals surface area contributed by atoms with Crippen molar-refractivity contribution >= 4 is 35.6 Å². The van der Waals surface area contributed by atoms with E-state index in [-0.39, 0.29) is 30.1 Å². The fourth-order valence-electron chi connectivity index (χ4n) is 2.69. The van der Waals surface area contributed by atoms with Gasteiger partial charge in [-0.1, -0.05) is 24.3 Å². The van der Waals surface area contributed by atoms with Crippen LogP contribution in [0.3, 0.4) is 0 Å². The normalized spacial score (nSPS) is 14.9. The molecule has 24 heavy (non-hydrogen) atoms. The first-order valence-corrected chi connectivity index (χ1v) is 8.04. The number of para-hydroxylation sites is 1. The summed E-state index contributed by atoms with van der Waals surface area (Å²) in [6, 6.07) is 13.6. The van der Waals surface area contributed by atoms with Crippen LogP contribution in [-0.4, -0.2) is 17.0 Å². The first-order chi connectivity index (χ1) is 11.3. The average Bonchev–Trinajstić information content (AvgIpc) is 3.08. The minimum absolute atomic E-state index is 0. The second kappa shape index (κ2) is 9.46. The van der Waals surface area contributed by atoms with Crippen LogP contribution in [0.4, 0.5) is 5.69 Å². The number of hydrogen-bond acceptors (Lipinski definition) is 3. The third-order valence-corrected chi connectivity index (χ3v) is 3.90. The first-order valence-electron chi connectivity index (χ1n) is 8.04. The number of hydrogen-bond donors (Lipinski definition) is 2. The molecule has 6 heteroatoms. The van der Waals surface area contributed by atoms with Crippen LogP contribution in [0.2, 0.25) is 0 Å². The van der Waals surface area contributed by atoms with E-state index in [2.05, 4.69) is 15.3 Å². The van der Waals surface area contributed by atoms with Crippen LogP contribution < -0.4 is 15.8 Å². The Balaban J connectivity index is 0.00000208. The van der Waals surface area contributed by atoms with Gasteiger partial charge in [-0.15, -0.1) is 24.0 Å². The van der Waals surface area contributed by atoms with Crippen molar-refractivity contribution in [2.75, 3.05) is 5.32 Å². The number of halogens is 1. The van der Waals surface area contributed by atoms with Crippen LogP contribution >= 0.6 is 24.0 Å². The molecule has 1 saturated carbocycles. The molecule has 0 unspecified atom stereocenters. The van der Waals surface area contributed by atoms with Gasteiger partial charge in [-0.25, -0.2) is 9.98 Å². The van der Waals surface area contributed by atoms with Crippen molar-refractivity contribution in [1.29, 1.82) is 0 Å². The highest BCUT2D eigenvalue weighted by Crippen LogP contribution is 2.25. The molecule has 1 aliphatic rings. The maximum Gasteiger partial charge on any atom is 0.218 e. The van der Waals surface area contributed by atoms with E-state index in [0.717, 1.165) is 24.1 Å². The number of anilines is 1. The topological polar surface area (TPSA) is 72.5 Å². The summed E-state index contributed by atoms with van der Waals surface area (Å²) < 4.78 is 6.02. The van der Waals surface area contributed by atoms with Crippen molar-refractivity contribution in [2.45, 2.75) is 38.3 Å². The Morgan fingerprint density at radius 3 is 2.67 bits per heavy atom. The van der Waals surface area contributed by atoms with Crippen LogP contribution in [0.15, 0.2) is 53.7 Å². The molecule has 0 saturated heterocycles. The zero-order valence-corrected chi connectivity index (χ0v) is 15.9. The molecule has 0 radical (unpaired) electrons. The van der Waals surface area contributed by atoms with Crippen molar-refractivity contribution in [1.82, 2.24) is 4.98 Å². The number of guanidine groups is 1. The highest BCUT2D eigenvalue weighted by Gasteiger charge is 2.18. The third-order valence-electron chi connectivity index (χ3n) is 3.90. The van der Waals surface area contributed by atoms with Gasteiger partial charge in [-0.2, -0.15) is 0 Å². The maximum atomic E-state index is 6.02. The largest absolute Gasteiger partial charge is 0.474 e. The monoisotopic (exact) mass is 438 g/mol. The van der Waals surface area contributed by atoms with Crippen molar-refractivity contribution in [2.24, 2.45) is 10.7 Å². The van der Waals surface area contributed by atoms with Crippen LogP contribution in [0, 0.1) is 0 Å². The summed E-state index contributed by atoms with van der Waals surface area (Å²) >= 11 is 0. The van der Waals surface area contributed by atoms with Gasteiger partial charge in [-0.05, 0) is 43.9 Å². The highest BCUT2D eigenvalue weighted by atomic mass is 127. The lowest BCUT2D eigenvalue weighted by Gasteiger charge is -2.14. The van der Waals surface area contributed by atoms with Gasteiger partial charge in [0.2, 0.25) is 5.88 Å². The van der Waals surface area contributed by atoms with E-state index >= 15 is 0 Å². The van der Waals surface area contributed by atoms with E-state index in [4.69, 9.17) is 10.5 Å². The van der Waals surface area contributed by atoms with Gasteiger partial charge >= 0.3 is 0 Å². The molecule has 3 N–H and O–H groups in total. The van der Waals surface area contributed by atoms with Gasteiger partial charge in [0.15, 0.2) is 5.96 Å². The molecule has 0 aliphatic heterocycles. The van der Waals surface area contributed by atoms with E-state index in [9.17, 15) is 0 Å². The maximum absolute atomic E-state index is 6.02. The van der Waals surface area contributed by atoms with Gasteiger partial charge in [0.25, 0.3) is 0 Å². The summed E-state index contributed by atoms with van der Waals surface area (Å²) in [7, 11) is 0. The predicted molar refractivity (Wildman–Crippen MR) is 108 cm³/mol. The second-order valence-corrected chi connectivity index (χ2v) is 5.68. The van der Waals surface area contributed by atoms with Gasteiger partial charge in [0.1, 0.15) is 6.10 Å². The van der Waals surface area contributed by atoms with Crippen LogP contribution in [0.5, 0.6) is 5.88 Å². The van der Waals surface area contributed by atoms with E-state index in [1.165, 1.54) is 12.8 Å². The Morgan fingerprint density at radius 2 is 1.92 bits per heavy atom. The van der Waals surface area contributed by atoms with Crippen LogP contribution in [0.1, 0.15) is 31.2 Å². The Morgan fingerprint density at radius 1 is 1.17 bits per heavy atom. The molecular weight excluding hydrogens is 415 g/mol. The predicted octanol–water partition coefficient (Wildman–Crippen LogP) is 3.95. The lowest BCUT2D eigenvalue weighted by atomic mass is 10.2. The quantitative estimate of drug-likeness (QED) is 0.421. The number of nitrogens with zero attached hydrogens (tertiary/aromatic N) is 2. The van der Waals surface area contributed by atoms with E-state index in [0.29, 0.717) is 18.4 Å². The Hall–Kier alpha value is -1.83. The van der Waals surface area contributed by atoms with Gasteiger partial charge in [0, 0.05) is 17.4 Å². The molecule has 1 aliphatic carbocycles. The van der Waals surface area contributed by atoms with E-state index in [1.54, 1.807) is 6.20 Å². The molecule has 0 spiro atoms. The molecule has 0 amide bonds. The van der Waals surface area contributed by atoms with Gasteiger partial charge < -0.3 is 15.8 Å². The highest BCUT2D eigenvalue weighted by molar-refractivity contribution is 14.0. The van der Waals surface area contributed by atoms with E-state index in [1.807, 2.05) is 42.5 Å². The molecule has 1 fully saturated rings. The molecule has 0 bridgehead atoms. The summed E-state index contributed by atoms with van der Waals surface area (Å²) in [4.78, 5) is 8.74. The zero-order valence-electron chi connectivity index (χ0n) is 13.5. The van der Waals surface area contributed by atoms with Crippen molar-refractivity contribution < 1.29 is 4.74 Å². The summed E-state index contributed by atoms with van der Waals surface area (Å²) in [6.45, 7) is 0.446. The van der Waals surface area contributed by atoms with Crippen LogP contribution in [0.25, 0.3) is 0 Å². The SMILES string of the molecule is I.NC(=NCc1cccnc1OC1CCCC1)Nc1ccccc1. The fraction of sp³-hybridized carbons (Fsp3) is 0.333. The molecular formula is C18H23IN4O. The van der Waals surface area contributed by atoms with Gasteiger partial charge in [-0.3, -0.25) is 0 Å². The fourth-order valence-corrected chi connectivity index (χ4v) is 2.69. The molecule has 128 valence electrons. The summed E-state index contributed by atoms with van der Waals surface area (Å²) in [5.41, 5.74) is 7.82. The number of ether oxygens (including phenoxy) is 1. The third kappa shape index (κ3) is 5.36. The number of nitrogens with one attached hydrogen (secondary N) is 1. The molecule has 1 heterocycles. The lowest BCUT2D eigenvalue weighted by Crippen LogP contribution is -2.22. The lowest BCUT2D eigenvalue weighted by molar-refractivity contribution is 0.199. The molecule has 5 nitrogen and oxygen atoms in total. The Kier molecular flexibility index (Phi) is 7.30. The summed E-state index contributed by atoms with van der Waals surface area (Å²) in [5, 5.41) is 3.07.